The minimum atomic E-state index is -0.175. The van der Waals surface area contributed by atoms with Gasteiger partial charge in [-0.25, -0.2) is 0 Å². The lowest BCUT2D eigenvalue weighted by Crippen LogP contribution is -2.09. The quantitative estimate of drug-likeness (QED) is 0.610. The van der Waals surface area contributed by atoms with Crippen molar-refractivity contribution in [1.29, 1.82) is 0 Å². The molecule has 0 radical (unpaired) electrons. The predicted molar refractivity (Wildman–Crippen MR) is 37.0 cm³/mol. The zero-order valence-electron chi connectivity index (χ0n) is 5.81. The van der Waals surface area contributed by atoms with E-state index in [-0.39, 0.29) is 5.56 Å². The van der Waals surface area contributed by atoms with E-state index >= 15 is 0 Å². The molecule has 1 rings (SSSR count). The molecule has 1 aromatic heterocycles. The van der Waals surface area contributed by atoms with Crippen LogP contribution in [0.2, 0.25) is 0 Å². The molecule has 0 aromatic carbocycles. The first kappa shape index (κ1) is 7.08. The summed E-state index contributed by atoms with van der Waals surface area (Å²) in [6.45, 7) is 0.820. The van der Waals surface area contributed by atoms with Gasteiger partial charge in [-0.3, -0.25) is 4.79 Å². The van der Waals surface area contributed by atoms with E-state index in [1.165, 1.54) is 6.07 Å². The molecule has 1 heterocycles. The van der Waals surface area contributed by atoms with Gasteiger partial charge < -0.3 is 9.84 Å². The van der Waals surface area contributed by atoms with Crippen LogP contribution in [0.4, 0.5) is 0 Å². The Morgan fingerprint density at radius 1 is 1.80 bits per heavy atom. The molecule has 10 heavy (non-hydrogen) atoms. The number of rotatable bonds is 3. The molecule has 0 aliphatic heterocycles. The van der Waals surface area contributed by atoms with Crippen LogP contribution in [0.15, 0.2) is 15.4 Å². The van der Waals surface area contributed by atoms with Gasteiger partial charge in [-0.2, -0.15) is 5.16 Å². The summed E-state index contributed by atoms with van der Waals surface area (Å²) in [7, 11) is 1.85. The summed E-state index contributed by atoms with van der Waals surface area (Å²) in [6, 6.07) is 1.46. The van der Waals surface area contributed by atoms with Crippen LogP contribution in [0, 0.1) is 0 Å². The van der Waals surface area contributed by atoms with E-state index in [1.807, 2.05) is 7.05 Å². The lowest BCUT2D eigenvalue weighted by Gasteiger charge is -1.91. The third-order valence-corrected chi connectivity index (χ3v) is 1.20. The smallest absolute Gasteiger partial charge is 0.280 e. The van der Waals surface area contributed by atoms with E-state index in [9.17, 15) is 4.79 Å². The average molecular weight is 142 g/mol. The molecule has 0 fully saturated rings. The van der Waals surface area contributed by atoms with Crippen LogP contribution in [0.5, 0.6) is 0 Å². The molecular weight excluding hydrogens is 132 g/mol. The lowest BCUT2D eigenvalue weighted by atomic mass is 10.3. The zero-order chi connectivity index (χ0) is 7.40. The molecule has 1 aromatic rings. The molecule has 0 saturated heterocycles. The van der Waals surface area contributed by atoms with Crippen LogP contribution in [-0.2, 0) is 6.42 Å². The van der Waals surface area contributed by atoms with Crippen molar-refractivity contribution in [3.63, 3.8) is 0 Å². The maximum Gasteiger partial charge on any atom is 0.280 e. The van der Waals surface area contributed by atoms with Crippen molar-refractivity contribution in [2.75, 3.05) is 13.6 Å². The molecular formula is C6H10N2O2. The van der Waals surface area contributed by atoms with Crippen LogP contribution >= 0.6 is 0 Å². The summed E-state index contributed by atoms with van der Waals surface area (Å²) in [6.07, 6.45) is 0.745. The van der Waals surface area contributed by atoms with E-state index in [1.54, 1.807) is 0 Å². The minimum Gasteiger partial charge on any atom is -0.383 e. The average Bonchev–Trinajstić information content (AvgIpc) is 2.31. The zero-order valence-corrected chi connectivity index (χ0v) is 5.81. The Labute approximate surface area is 58.2 Å². The SMILES string of the molecule is CNCCc1cc(=O)[nH]o1. The van der Waals surface area contributed by atoms with Gasteiger partial charge in [0.2, 0.25) is 0 Å². The molecule has 0 bridgehead atoms. The molecule has 0 saturated carbocycles. The van der Waals surface area contributed by atoms with Gasteiger partial charge >= 0.3 is 0 Å². The number of likely N-dealkylation sites (N-methyl/N-ethyl adjacent to an activating group) is 1. The third-order valence-electron chi connectivity index (χ3n) is 1.20. The van der Waals surface area contributed by atoms with E-state index in [2.05, 4.69) is 10.5 Å². The minimum absolute atomic E-state index is 0.175. The maximum atomic E-state index is 10.5. The van der Waals surface area contributed by atoms with Crippen LogP contribution in [-0.4, -0.2) is 18.7 Å². The second kappa shape index (κ2) is 3.22. The Kier molecular flexibility index (Phi) is 2.28. The van der Waals surface area contributed by atoms with Crippen molar-refractivity contribution in [1.82, 2.24) is 10.5 Å². The first-order valence-electron chi connectivity index (χ1n) is 3.15. The highest BCUT2D eigenvalue weighted by molar-refractivity contribution is 4.93. The lowest BCUT2D eigenvalue weighted by molar-refractivity contribution is 0.377. The number of H-pyrrole nitrogens is 1. The van der Waals surface area contributed by atoms with Gasteiger partial charge in [-0.1, -0.05) is 0 Å². The molecule has 0 atom stereocenters. The fourth-order valence-electron chi connectivity index (χ4n) is 0.692. The summed E-state index contributed by atoms with van der Waals surface area (Å²) in [4.78, 5) is 10.5. The molecule has 56 valence electrons. The standard InChI is InChI=1S/C6H10N2O2/c1-7-3-2-5-4-6(9)8-10-5/h4,7H,2-3H2,1H3,(H,8,9). The number of aromatic nitrogens is 1. The first-order chi connectivity index (χ1) is 4.83. The van der Waals surface area contributed by atoms with Crippen LogP contribution in [0.3, 0.4) is 0 Å². The number of aromatic amines is 1. The molecule has 4 nitrogen and oxygen atoms in total. The molecule has 0 amide bonds. The summed E-state index contributed by atoms with van der Waals surface area (Å²) >= 11 is 0. The Morgan fingerprint density at radius 2 is 2.60 bits per heavy atom. The Balaban J connectivity index is 2.50. The Bertz CT molecular complexity index is 238. The topological polar surface area (TPSA) is 58.0 Å². The van der Waals surface area contributed by atoms with E-state index in [0.29, 0.717) is 5.76 Å². The van der Waals surface area contributed by atoms with Gasteiger partial charge in [0.15, 0.2) is 0 Å². The van der Waals surface area contributed by atoms with Gasteiger partial charge in [0.25, 0.3) is 5.56 Å². The molecule has 0 aliphatic carbocycles. The third kappa shape index (κ3) is 1.73. The highest BCUT2D eigenvalue weighted by Crippen LogP contribution is 1.91. The largest absolute Gasteiger partial charge is 0.383 e. The van der Waals surface area contributed by atoms with Gasteiger partial charge in [-0.15, -0.1) is 0 Å². The fourth-order valence-corrected chi connectivity index (χ4v) is 0.692. The van der Waals surface area contributed by atoms with Crippen molar-refractivity contribution < 1.29 is 4.52 Å². The van der Waals surface area contributed by atoms with Gasteiger partial charge in [0.05, 0.1) is 0 Å². The van der Waals surface area contributed by atoms with Crippen molar-refractivity contribution in [2.24, 2.45) is 0 Å². The molecule has 0 spiro atoms. The molecule has 2 N–H and O–H groups in total. The number of hydrogen-bond acceptors (Lipinski definition) is 3. The summed E-state index contributed by atoms with van der Waals surface area (Å²) in [5.74, 6) is 0.694. The highest BCUT2D eigenvalue weighted by atomic mass is 16.5. The van der Waals surface area contributed by atoms with Crippen molar-refractivity contribution in [2.45, 2.75) is 6.42 Å². The molecule has 4 heteroatoms. The van der Waals surface area contributed by atoms with Crippen molar-refractivity contribution in [3.05, 3.63) is 22.2 Å². The second-order valence-corrected chi connectivity index (χ2v) is 2.03. The summed E-state index contributed by atoms with van der Waals surface area (Å²) < 4.78 is 4.79. The van der Waals surface area contributed by atoms with Gasteiger partial charge in [0.1, 0.15) is 5.76 Å². The van der Waals surface area contributed by atoms with Crippen molar-refractivity contribution in [3.8, 4) is 0 Å². The highest BCUT2D eigenvalue weighted by Gasteiger charge is 1.96. The summed E-state index contributed by atoms with van der Waals surface area (Å²) in [5.41, 5.74) is -0.175. The van der Waals surface area contributed by atoms with E-state index < -0.39 is 0 Å². The number of hydrogen-bond donors (Lipinski definition) is 2. The van der Waals surface area contributed by atoms with Crippen LogP contribution in [0.25, 0.3) is 0 Å². The normalized spacial score (nSPS) is 10.1. The maximum absolute atomic E-state index is 10.5. The molecule has 0 aliphatic rings. The monoisotopic (exact) mass is 142 g/mol. The number of nitrogens with one attached hydrogen (secondary N) is 2. The van der Waals surface area contributed by atoms with Gasteiger partial charge in [0, 0.05) is 19.0 Å². The summed E-state index contributed by atoms with van der Waals surface area (Å²) in [5, 5.41) is 5.17. The fraction of sp³-hybridized carbons (Fsp3) is 0.500. The van der Waals surface area contributed by atoms with Crippen LogP contribution in [0.1, 0.15) is 5.76 Å². The van der Waals surface area contributed by atoms with E-state index in [0.717, 1.165) is 13.0 Å². The van der Waals surface area contributed by atoms with Crippen LogP contribution < -0.4 is 10.9 Å². The van der Waals surface area contributed by atoms with Gasteiger partial charge in [-0.05, 0) is 7.05 Å². The second-order valence-electron chi connectivity index (χ2n) is 2.03. The predicted octanol–water partition coefficient (Wildman–Crippen LogP) is -0.270. The Morgan fingerprint density at radius 3 is 3.10 bits per heavy atom. The first-order valence-corrected chi connectivity index (χ1v) is 3.15. The van der Waals surface area contributed by atoms with Crippen molar-refractivity contribution >= 4 is 0 Å². The van der Waals surface area contributed by atoms with E-state index in [4.69, 9.17) is 4.52 Å². The Hall–Kier alpha value is -1.03. The molecule has 0 unspecified atom stereocenters.